The van der Waals surface area contributed by atoms with Gasteiger partial charge in [0.1, 0.15) is 5.65 Å². The SMILES string of the molecule is NCC(Cc1ccccc1)C(=O)Nc1cc(-c2c[nH]c3ncccc23)cs1. The summed E-state index contributed by atoms with van der Waals surface area (Å²) in [5.41, 5.74) is 9.96. The van der Waals surface area contributed by atoms with Crippen molar-refractivity contribution >= 4 is 33.3 Å². The number of nitrogens with one attached hydrogen (secondary N) is 2. The summed E-state index contributed by atoms with van der Waals surface area (Å²) in [4.78, 5) is 20.2. The summed E-state index contributed by atoms with van der Waals surface area (Å²) in [6, 6.07) is 15.9. The number of H-pyrrole nitrogens is 1. The molecule has 0 fully saturated rings. The van der Waals surface area contributed by atoms with Crippen LogP contribution in [0.4, 0.5) is 5.00 Å². The fourth-order valence-corrected chi connectivity index (χ4v) is 3.95. The molecule has 4 aromatic rings. The van der Waals surface area contributed by atoms with E-state index in [0.717, 1.165) is 32.7 Å². The summed E-state index contributed by atoms with van der Waals surface area (Å²) in [7, 11) is 0. The van der Waals surface area contributed by atoms with Crippen LogP contribution in [0.1, 0.15) is 5.56 Å². The predicted octanol–water partition coefficient (Wildman–Crippen LogP) is 4.05. The van der Waals surface area contributed by atoms with Crippen LogP contribution in [0.15, 0.2) is 66.3 Å². The Hall–Kier alpha value is -2.96. The first-order valence-electron chi connectivity index (χ1n) is 8.80. The van der Waals surface area contributed by atoms with Gasteiger partial charge in [-0.3, -0.25) is 4.79 Å². The van der Waals surface area contributed by atoms with Gasteiger partial charge in [-0.2, -0.15) is 0 Å². The second kappa shape index (κ2) is 7.73. The zero-order valence-corrected chi connectivity index (χ0v) is 15.5. The van der Waals surface area contributed by atoms with E-state index in [1.165, 1.54) is 11.3 Å². The van der Waals surface area contributed by atoms with Crippen molar-refractivity contribution in [1.82, 2.24) is 9.97 Å². The number of aromatic amines is 1. The van der Waals surface area contributed by atoms with Crippen molar-refractivity contribution in [1.29, 1.82) is 0 Å². The van der Waals surface area contributed by atoms with Crippen LogP contribution < -0.4 is 11.1 Å². The van der Waals surface area contributed by atoms with Gasteiger partial charge >= 0.3 is 0 Å². The molecule has 0 bridgehead atoms. The molecule has 1 amide bonds. The molecule has 0 radical (unpaired) electrons. The Labute approximate surface area is 161 Å². The Morgan fingerprint density at radius 1 is 1.22 bits per heavy atom. The maximum atomic E-state index is 12.7. The smallest absolute Gasteiger partial charge is 0.229 e. The minimum absolute atomic E-state index is 0.0460. The molecular formula is C21H20N4OS. The van der Waals surface area contributed by atoms with Crippen LogP contribution in [0.3, 0.4) is 0 Å². The molecule has 4 rings (SSSR count). The highest BCUT2D eigenvalue weighted by Crippen LogP contribution is 2.33. The highest BCUT2D eigenvalue weighted by atomic mass is 32.1. The average molecular weight is 376 g/mol. The summed E-state index contributed by atoms with van der Waals surface area (Å²) in [5, 5.41) is 6.94. The number of thiophene rings is 1. The Balaban J connectivity index is 1.49. The molecule has 0 aliphatic carbocycles. The molecule has 0 spiro atoms. The maximum Gasteiger partial charge on any atom is 0.229 e. The molecule has 0 aliphatic heterocycles. The van der Waals surface area contributed by atoms with Gasteiger partial charge in [0.2, 0.25) is 5.91 Å². The standard InChI is InChI=1S/C21H20N4OS/c22-11-15(9-14-5-2-1-3-6-14)21(26)25-19-10-16(13-27-19)18-12-24-20-17(18)7-4-8-23-20/h1-8,10,12-13,15H,9,11,22H2,(H,23,24)(H,25,26). The Kier molecular flexibility index (Phi) is 5.00. The number of rotatable bonds is 6. The van der Waals surface area contributed by atoms with Crippen LogP contribution in [0, 0.1) is 5.92 Å². The second-order valence-corrected chi connectivity index (χ2v) is 7.32. The third kappa shape index (κ3) is 3.77. The monoisotopic (exact) mass is 376 g/mol. The molecule has 1 atom stereocenters. The lowest BCUT2D eigenvalue weighted by Gasteiger charge is -2.14. The number of hydrogen-bond acceptors (Lipinski definition) is 4. The first-order chi connectivity index (χ1) is 13.2. The fraction of sp³-hybridized carbons (Fsp3) is 0.143. The van der Waals surface area contributed by atoms with Gasteiger partial charge in [0, 0.05) is 35.3 Å². The van der Waals surface area contributed by atoms with Crippen molar-refractivity contribution in [3.63, 3.8) is 0 Å². The van der Waals surface area contributed by atoms with E-state index in [0.29, 0.717) is 13.0 Å². The molecule has 6 heteroatoms. The lowest BCUT2D eigenvalue weighted by atomic mass is 9.98. The molecule has 1 unspecified atom stereocenters. The van der Waals surface area contributed by atoms with Crippen LogP contribution >= 0.6 is 11.3 Å². The van der Waals surface area contributed by atoms with Crippen LogP contribution in [0.2, 0.25) is 0 Å². The Morgan fingerprint density at radius 2 is 2.07 bits per heavy atom. The largest absolute Gasteiger partial charge is 0.346 e. The second-order valence-electron chi connectivity index (χ2n) is 6.41. The van der Waals surface area contributed by atoms with Crippen molar-refractivity contribution in [3.8, 4) is 11.1 Å². The maximum absolute atomic E-state index is 12.7. The number of fused-ring (bicyclic) bond motifs is 1. The van der Waals surface area contributed by atoms with E-state index >= 15 is 0 Å². The van der Waals surface area contributed by atoms with E-state index in [1.54, 1.807) is 6.20 Å². The first-order valence-corrected chi connectivity index (χ1v) is 9.68. The molecule has 3 heterocycles. The van der Waals surface area contributed by atoms with Gasteiger partial charge in [0.05, 0.1) is 10.9 Å². The molecule has 1 aromatic carbocycles. The molecule has 27 heavy (non-hydrogen) atoms. The van der Waals surface area contributed by atoms with Crippen LogP contribution in [0.25, 0.3) is 22.2 Å². The highest BCUT2D eigenvalue weighted by molar-refractivity contribution is 7.14. The molecule has 4 N–H and O–H groups in total. The van der Waals surface area contributed by atoms with E-state index in [-0.39, 0.29) is 11.8 Å². The molecule has 3 aromatic heterocycles. The van der Waals surface area contributed by atoms with Gasteiger partial charge in [-0.05, 0) is 35.7 Å². The van der Waals surface area contributed by atoms with Crippen LogP contribution in [-0.2, 0) is 11.2 Å². The van der Waals surface area contributed by atoms with Crippen molar-refractivity contribution in [2.45, 2.75) is 6.42 Å². The van der Waals surface area contributed by atoms with Gasteiger partial charge in [0.25, 0.3) is 0 Å². The van der Waals surface area contributed by atoms with Gasteiger partial charge in [-0.1, -0.05) is 30.3 Å². The highest BCUT2D eigenvalue weighted by Gasteiger charge is 2.18. The number of carbonyl (C=O) groups is 1. The minimum atomic E-state index is -0.254. The lowest BCUT2D eigenvalue weighted by Crippen LogP contribution is -2.30. The topological polar surface area (TPSA) is 83.8 Å². The summed E-state index contributed by atoms with van der Waals surface area (Å²) in [6.45, 7) is 0.313. The van der Waals surface area contributed by atoms with Gasteiger partial charge in [-0.25, -0.2) is 4.98 Å². The van der Waals surface area contributed by atoms with E-state index in [9.17, 15) is 4.79 Å². The molecule has 0 saturated heterocycles. The number of nitrogens with two attached hydrogens (primary N) is 1. The molecule has 0 aliphatic rings. The molecule has 136 valence electrons. The number of aromatic nitrogens is 2. The van der Waals surface area contributed by atoms with Gasteiger partial charge in [0.15, 0.2) is 0 Å². The average Bonchev–Trinajstić information content (AvgIpc) is 3.33. The number of carbonyl (C=O) groups excluding carboxylic acids is 1. The Morgan fingerprint density at radius 3 is 2.89 bits per heavy atom. The third-order valence-electron chi connectivity index (χ3n) is 4.59. The van der Waals surface area contributed by atoms with E-state index in [4.69, 9.17) is 5.73 Å². The zero-order chi connectivity index (χ0) is 18.6. The van der Waals surface area contributed by atoms with E-state index in [1.807, 2.05) is 60.1 Å². The summed E-state index contributed by atoms with van der Waals surface area (Å²) >= 11 is 1.51. The lowest BCUT2D eigenvalue weighted by molar-refractivity contribution is -0.119. The summed E-state index contributed by atoms with van der Waals surface area (Å²) < 4.78 is 0. The number of anilines is 1. The molecule has 0 saturated carbocycles. The van der Waals surface area contributed by atoms with E-state index in [2.05, 4.69) is 15.3 Å². The number of benzene rings is 1. The van der Waals surface area contributed by atoms with Gasteiger partial charge in [-0.15, -0.1) is 11.3 Å². The van der Waals surface area contributed by atoms with Crippen LogP contribution in [-0.4, -0.2) is 22.4 Å². The van der Waals surface area contributed by atoms with Gasteiger partial charge < -0.3 is 16.0 Å². The fourth-order valence-electron chi connectivity index (χ4n) is 3.14. The first kappa shape index (κ1) is 17.5. The zero-order valence-electron chi connectivity index (χ0n) is 14.7. The number of amides is 1. The van der Waals surface area contributed by atoms with Crippen LogP contribution in [0.5, 0.6) is 0 Å². The third-order valence-corrected chi connectivity index (χ3v) is 5.43. The van der Waals surface area contributed by atoms with Crippen molar-refractivity contribution in [2.75, 3.05) is 11.9 Å². The summed E-state index contributed by atoms with van der Waals surface area (Å²) in [6.07, 6.45) is 4.35. The summed E-state index contributed by atoms with van der Waals surface area (Å²) in [5.74, 6) is -0.300. The minimum Gasteiger partial charge on any atom is -0.346 e. The number of pyridine rings is 1. The predicted molar refractivity (Wildman–Crippen MR) is 111 cm³/mol. The Bertz CT molecular complexity index is 1050. The molecular weight excluding hydrogens is 356 g/mol. The number of nitrogens with zero attached hydrogens (tertiary/aromatic N) is 1. The van der Waals surface area contributed by atoms with Crippen molar-refractivity contribution in [2.24, 2.45) is 11.7 Å². The van der Waals surface area contributed by atoms with Crippen molar-refractivity contribution < 1.29 is 4.79 Å². The number of hydrogen-bond donors (Lipinski definition) is 3. The molecule has 5 nitrogen and oxygen atoms in total. The van der Waals surface area contributed by atoms with E-state index < -0.39 is 0 Å². The normalized spacial score (nSPS) is 12.2. The quantitative estimate of drug-likeness (QED) is 0.475. The van der Waals surface area contributed by atoms with Crippen molar-refractivity contribution in [3.05, 3.63) is 71.9 Å².